The van der Waals surface area contributed by atoms with Crippen LogP contribution in [0.3, 0.4) is 0 Å². The molecule has 0 atom stereocenters. The first-order valence-electron chi connectivity index (χ1n) is 8.60. The first-order chi connectivity index (χ1) is 11.3. The van der Waals surface area contributed by atoms with Gasteiger partial charge in [-0.05, 0) is 54.2 Å². The predicted octanol–water partition coefficient (Wildman–Crippen LogP) is 5.80. The van der Waals surface area contributed by atoms with Crippen molar-refractivity contribution in [2.24, 2.45) is 0 Å². The molecule has 0 aliphatic heterocycles. The van der Waals surface area contributed by atoms with Gasteiger partial charge in [-0.15, -0.1) is 0 Å². The molecule has 0 spiro atoms. The molecule has 1 rings (SSSR count). The molecule has 0 unspecified atom stereocenters. The maximum Gasteiger partial charge on any atom is 0.123 e. The number of hydroxylamine groups is 1. The second-order valence-corrected chi connectivity index (χ2v) is 6.82. The largest absolute Gasteiger partial charge is 0.279 e. The van der Waals surface area contributed by atoms with Gasteiger partial charge in [0.15, 0.2) is 0 Å². The predicted molar refractivity (Wildman–Crippen MR) is 99.8 cm³/mol. The lowest BCUT2D eigenvalue weighted by atomic mass is 10.1. The Morgan fingerprint density at radius 3 is 2.48 bits per heavy atom. The number of allylic oxidation sites excluding steroid dienone is 1. The lowest BCUT2D eigenvalue weighted by Gasteiger charge is -2.09. The molecule has 0 heterocycles. The summed E-state index contributed by atoms with van der Waals surface area (Å²) >= 11 is 2.00. The zero-order valence-corrected chi connectivity index (χ0v) is 15.3. The molecule has 4 heteroatoms. The minimum absolute atomic E-state index is 0.222. The van der Waals surface area contributed by atoms with Crippen molar-refractivity contribution in [1.29, 1.82) is 0 Å². The Hall–Kier alpha value is -1.00. The fraction of sp³-hybridized carbons (Fsp3) is 0.579. The molecule has 2 nitrogen and oxygen atoms in total. The minimum atomic E-state index is -0.222. The van der Waals surface area contributed by atoms with E-state index >= 15 is 0 Å². The van der Waals surface area contributed by atoms with Gasteiger partial charge in [0.05, 0.1) is 12.8 Å². The molecular weight excluding hydrogens is 309 g/mol. The van der Waals surface area contributed by atoms with E-state index in [-0.39, 0.29) is 5.82 Å². The fourth-order valence-corrected chi connectivity index (χ4v) is 3.23. The lowest BCUT2D eigenvalue weighted by Crippen LogP contribution is -2.10. The van der Waals surface area contributed by atoms with Gasteiger partial charge >= 0.3 is 0 Å². The molecule has 0 bridgehead atoms. The van der Waals surface area contributed by atoms with Gasteiger partial charge in [0.25, 0.3) is 0 Å². The van der Waals surface area contributed by atoms with Crippen LogP contribution in [0.1, 0.15) is 57.4 Å². The summed E-state index contributed by atoms with van der Waals surface area (Å²) in [6.45, 7) is 2.25. The molecule has 23 heavy (non-hydrogen) atoms. The second-order valence-electron chi connectivity index (χ2n) is 5.60. The monoisotopic (exact) mass is 339 g/mol. The van der Waals surface area contributed by atoms with Crippen LogP contribution in [-0.2, 0) is 4.84 Å². The highest BCUT2D eigenvalue weighted by Gasteiger charge is 2.01. The summed E-state index contributed by atoms with van der Waals surface area (Å²) in [4.78, 5) is 5.01. The summed E-state index contributed by atoms with van der Waals surface area (Å²) < 4.78 is 13.0. The molecule has 0 radical (unpaired) electrons. The van der Waals surface area contributed by atoms with Crippen molar-refractivity contribution in [2.45, 2.75) is 51.9 Å². The lowest BCUT2D eigenvalue weighted by molar-refractivity contribution is 0.136. The van der Waals surface area contributed by atoms with E-state index in [4.69, 9.17) is 4.84 Å². The summed E-state index contributed by atoms with van der Waals surface area (Å²) in [5, 5.41) is 0. The Morgan fingerprint density at radius 2 is 1.78 bits per heavy atom. The highest BCUT2D eigenvalue weighted by atomic mass is 32.2. The maximum atomic E-state index is 13.0. The topological polar surface area (TPSA) is 21.3 Å². The van der Waals surface area contributed by atoms with Crippen molar-refractivity contribution in [3.8, 4) is 0 Å². The van der Waals surface area contributed by atoms with E-state index in [9.17, 15) is 4.39 Å². The number of benzene rings is 1. The number of rotatable bonds is 13. The quantitative estimate of drug-likeness (QED) is 0.362. The first kappa shape index (κ1) is 20.0. The Balaban J connectivity index is 2.21. The maximum absolute atomic E-state index is 13.0. The number of hydrogen-bond acceptors (Lipinski definition) is 3. The van der Waals surface area contributed by atoms with Gasteiger partial charge in [-0.2, -0.15) is 11.8 Å². The van der Waals surface area contributed by atoms with Gasteiger partial charge in [0.1, 0.15) is 5.82 Å². The second kappa shape index (κ2) is 13.4. The van der Waals surface area contributed by atoms with Gasteiger partial charge in [-0.3, -0.25) is 10.3 Å². The summed E-state index contributed by atoms with van der Waals surface area (Å²) in [5.41, 5.74) is 4.71. The van der Waals surface area contributed by atoms with Crippen LogP contribution in [0.5, 0.6) is 0 Å². The Kier molecular flexibility index (Phi) is 11.7. The highest BCUT2D eigenvalue weighted by molar-refractivity contribution is 7.99. The summed E-state index contributed by atoms with van der Waals surface area (Å²) in [6, 6.07) is 6.45. The third kappa shape index (κ3) is 9.67. The highest BCUT2D eigenvalue weighted by Crippen LogP contribution is 2.15. The van der Waals surface area contributed by atoms with Gasteiger partial charge in [0, 0.05) is 0 Å². The molecule has 0 aliphatic rings. The third-order valence-corrected chi connectivity index (χ3v) is 4.72. The summed E-state index contributed by atoms with van der Waals surface area (Å²) in [7, 11) is 1.59. The molecule has 0 fully saturated rings. The smallest absolute Gasteiger partial charge is 0.123 e. The molecular formula is C19H30FNOS. The number of nitrogens with one attached hydrogen (secondary N) is 1. The minimum Gasteiger partial charge on any atom is -0.279 e. The molecule has 1 N–H and O–H groups in total. The van der Waals surface area contributed by atoms with Crippen LogP contribution >= 0.6 is 11.8 Å². The van der Waals surface area contributed by atoms with Gasteiger partial charge < -0.3 is 0 Å². The van der Waals surface area contributed by atoms with Crippen LogP contribution in [0, 0.1) is 5.82 Å². The van der Waals surface area contributed by atoms with E-state index in [0.717, 1.165) is 23.4 Å². The van der Waals surface area contributed by atoms with Crippen molar-refractivity contribution in [2.75, 3.05) is 18.6 Å². The van der Waals surface area contributed by atoms with Crippen LogP contribution in [0.15, 0.2) is 30.3 Å². The van der Waals surface area contributed by atoms with Crippen LogP contribution in [0.4, 0.5) is 4.39 Å². The zero-order chi connectivity index (χ0) is 16.8. The Labute approximate surface area is 144 Å². The SMILES string of the molecule is CCCCCCCCSCCC=C(NOC)c1ccc(F)cc1. The van der Waals surface area contributed by atoms with Crippen LogP contribution in [0.2, 0.25) is 0 Å². The summed E-state index contributed by atoms with van der Waals surface area (Å²) in [5.74, 6) is 2.12. The van der Waals surface area contributed by atoms with E-state index in [1.165, 1.54) is 56.4 Å². The van der Waals surface area contributed by atoms with Gasteiger partial charge in [-0.1, -0.05) is 45.1 Å². The molecule has 0 saturated carbocycles. The van der Waals surface area contributed by atoms with E-state index in [1.807, 2.05) is 11.8 Å². The molecule has 0 saturated heterocycles. The molecule has 0 amide bonds. The molecule has 1 aromatic carbocycles. The Morgan fingerprint density at radius 1 is 1.09 bits per heavy atom. The van der Waals surface area contributed by atoms with Crippen molar-refractivity contribution >= 4 is 17.5 Å². The van der Waals surface area contributed by atoms with Gasteiger partial charge in [-0.25, -0.2) is 4.39 Å². The van der Waals surface area contributed by atoms with E-state index in [1.54, 1.807) is 19.2 Å². The average Bonchev–Trinajstić information content (AvgIpc) is 2.56. The van der Waals surface area contributed by atoms with E-state index in [2.05, 4.69) is 18.5 Å². The summed E-state index contributed by atoms with van der Waals surface area (Å²) in [6.07, 6.45) is 11.2. The molecule has 1 aromatic rings. The number of halogens is 1. The number of hydrogen-bond donors (Lipinski definition) is 1. The molecule has 0 aliphatic carbocycles. The molecule has 130 valence electrons. The van der Waals surface area contributed by atoms with Gasteiger partial charge in [0.2, 0.25) is 0 Å². The average molecular weight is 340 g/mol. The zero-order valence-electron chi connectivity index (χ0n) is 14.4. The van der Waals surface area contributed by atoms with E-state index in [0.29, 0.717) is 0 Å². The van der Waals surface area contributed by atoms with E-state index < -0.39 is 0 Å². The van der Waals surface area contributed by atoms with Crippen molar-refractivity contribution in [3.05, 3.63) is 41.7 Å². The van der Waals surface area contributed by atoms with Crippen molar-refractivity contribution in [1.82, 2.24) is 5.48 Å². The molecule has 0 aromatic heterocycles. The first-order valence-corrected chi connectivity index (χ1v) is 9.76. The number of thioether (sulfide) groups is 1. The van der Waals surface area contributed by atoms with Crippen LogP contribution in [-0.4, -0.2) is 18.6 Å². The van der Waals surface area contributed by atoms with Crippen LogP contribution < -0.4 is 5.48 Å². The normalized spacial score (nSPS) is 11.7. The van der Waals surface area contributed by atoms with Crippen molar-refractivity contribution < 1.29 is 9.23 Å². The third-order valence-electron chi connectivity index (χ3n) is 3.62. The fourth-order valence-electron chi connectivity index (χ4n) is 2.33. The number of unbranched alkanes of at least 4 members (excludes halogenated alkanes) is 5. The standard InChI is InChI=1S/C19H30FNOS/c1-3-4-5-6-7-8-15-23-16-9-10-19(21-22-2)17-11-13-18(20)14-12-17/h10-14,21H,3-9,15-16H2,1-2H3. The van der Waals surface area contributed by atoms with Crippen LogP contribution in [0.25, 0.3) is 5.70 Å². The Bertz CT molecular complexity index is 434. The van der Waals surface area contributed by atoms with Crippen molar-refractivity contribution in [3.63, 3.8) is 0 Å².